The Morgan fingerprint density at radius 2 is 1.95 bits per heavy atom. The van der Waals surface area contributed by atoms with Gasteiger partial charge in [-0.15, -0.1) is 0 Å². The van der Waals surface area contributed by atoms with Crippen molar-refractivity contribution in [2.24, 2.45) is 5.73 Å². The molecule has 0 spiro atoms. The number of ether oxygens (including phenoxy) is 1. The summed E-state index contributed by atoms with van der Waals surface area (Å²) in [6.45, 7) is 0.770. The summed E-state index contributed by atoms with van der Waals surface area (Å²) in [6, 6.07) is 8.89. The predicted molar refractivity (Wildman–Crippen MR) is 75.8 cm³/mol. The quantitative estimate of drug-likeness (QED) is 0.613. The molecule has 0 aliphatic carbocycles. The van der Waals surface area contributed by atoms with E-state index in [1.807, 2.05) is 30.3 Å². The van der Waals surface area contributed by atoms with E-state index in [0.29, 0.717) is 19.6 Å². The Balaban J connectivity index is 2.21. The standard InChI is InChI=1S/C14H21N3O3/c1-20-8-7-12(15)14(19)17-10-13(18)16-9-11-5-3-2-4-6-11/h2-6,12H,7-10,15H2,1H3,(H,16,18)(H,17,19). The number of methoxy groups -OCH3 is 1. The van der Waals surface area contributed by atoms with Gasteiger partial charge in [0.15, 0.2) is 0 Å². The van der Waals surface area contributed by atoms with Crippen molar-refractivity contribution < 1.29 is 14.3 Å². The fourth-order valence-electron chi connectivity index (χ4n) is 1.53. The average Bonchev–Trinajstić information content (AvgIpc) is 2.49. The number of rotatable bonds is 8. The zero-order valence-corrected chi connectivity index (χ0v) is 11.6. The van der Waals surface area contributed by atoms with Crippen LogP contribution >= 0.6 is 0 Å². The molecule has 110 valence electrons. The molecule has 20 heavy (non-hydrogen) atoms. The first-order valence-corrected chi connectivity index (χ1v) is 6.46. The number of carbonyl (C=O) groups is 2. The normalized spacial score (nSPS) is 11.7. The third-order valence-electron chi connectivity index (χ3n) is 2.73. The molecule has 0 heterocycles. The Labute approximate surface area is 118 Å². The van der Waals surface area contributed by atoms with E-state index >= 15 is 0 Å². The first kappa shape index (κ1) is 16.1. The summed E-state index contributed by atoms with van der Waals surface area (Å²) in [5.41, 5.74) is 6.63. The molecule has 1 aromatic carbocycles. The van der Waals surface area contributed by atoms with Gasteiger partial charge < -0.3 is 21.1 Å². The number of nitrogens with two attached hydrogens (primary N) is 1. The lowest BCUT2D eigenvalue weighted by Crippen LogP contribution is -2.45. The van der Waals surface area contributed by atoms with Gasteiger partial charge >= 0.3 is 0 Å². The molecule has 0 bridgehead atoms. The minimum Gasteiger partial charge on any atom is -0.385 e. The van der Waals surface area contributed by atoms with Crippen LogP contribution in [-0.2, 0) is 20.9 Å². The molecular weight excluding hydrogens is 258 g/mol. The second-order valence-electron chi connectivity index (χ2n) is 4.37. The maximum atomic E-state index is 11.6. The van der Waals surface area contributed by atoms with Crippen molar-refractivity contribution in [2.45, 2.75) is 19.0 Å². The smallest absolute Gasteiger partial charge is 0.239 e. The molecule has 0 aliphatic rings. The Kier molecular flexibility index (Phi) is 7.31. The van der Waals surface area contributed by atoms with Gasteiger partial charge in [0, 0.05) is 20.3 Å². The van der Waals surface area contributed by atoms with E-state index in [-0.39, 0.29) is 18.4 Å². The second-order valence-corrected chi connectivity index (χ2v) is 4.37. The summed E-state index contributed by atoms with van der Waals surface area (Å²) in [5, 5.41) is 5.21. The van der Waals surface area contributed by atoms with Crippen LogP contribution in [0.3, 0.4) is 0 Å². The van der Waals surface area contributed by atoms with Gasteiger partial charge in [0.25, 0.3) is 0 Å². The van der Waals surface area contributed by atoms with Crippen molar-refractivity contribution in [1.29, 1.82) is 0 Å². The molecule has 6 heteroatoms. The molecule has 0 radical (unpaired) electrons. The van der Waals surface area contributed by atoms with Gasteiger partial charge in [0.05, 0.1) is 12.6 Å². The SMILES string of the molecule is COCCC(N)C(=O)NCC(=O)NCc1ccccc1. The van der Waals surface area contributed by atoms with E-state index < -0.39 is 6.04 Å². The van der Waals surface area contributed by atoms with E-state index in [1.54, 1.807) is 7.11 Å². The number of nitrogens with one attached hydrogen (secondary N) is 2. The molecule has 1 unspecified atom stereocenters. The van der Waals surface area contributed by atoms with Crippen molar-refractivity contribution >= 4 is 11.8 Å². The van der Waals surface area contributed by atoms with E-state index in [0.717, 1.165) is 5.56 Å². The molecule has 0 aromatic heterocycles. The lowest BCUT2D eigenvalue weighted by molar-refractivity contribution is -0.127. The first-order chi connectivity index (χ1) is 9.63. The molecule has 2 amide bonds. The van der Waals surface area contributed by atoms with Gasteiger partial charge in [-0.3, -0.25) is 9.59 Å². The summed E-state index contributed by atoms with van der Waals surface area (Å²) in [6.07, 6.45) is 0.425. The minimum absolute atomic E-state index is 0.0770. The fourth-order valence-corrected chi connectivity index (χ4v) is 1.53. The molecule has 1 aromatic rings. The zero-order chi connectivity index (χ0) is 14.8. The Morgan fingerprint density at radius 3 is 2.60 bits per heavy atom. The molecule has 0 saturated heterocycles. The highest BCUT2D eigenvalue weighted by Crippen LogP contribution is 1.96. The molecule has 1 atom stereocenters. The summed E-state index contributed by atoms with van der Waals surface area (Å²) < 4.78 is 4.84. The van der Waals surface area contributed by atoms with Crippen LogP contribution in [0.1, 0.15) is 12.0 Å². The van der Waals surface area contributed by atoms with Crippen LogP contribution < -0.4 is 16.4 Å². The first-order valence-electron chi connectivity index (χ1n) is 6.46. The average molecular weight is 279 g/mol. The van der Waals surface area contributed by atoms with E-state index in [9.17, 15) is 9.59 Å². The van der Waals surface area contributed by atoms with Gasteiger partial charge in [-0.2, -0.15) is 0 Å². The summed E-state index contributed by atoms with van der Waals surface area (Å²) in [7, 11) is 1.54. The van der Waals surface area contributed by atoms with Gasteiger partial charge in [-0.1, -0.05) is 30.3 Å². The highest BCUT2D eigenvalue weighted by atomic mass is 16.5. The third-order valence-corrected chi connectivity index (χ3v) is 2.73. The summed E-state index contributed by atoms with van der Waals surface area (Å²) >= 11 is 0. The number of carbonyl (C=O) groups excluding carboxylic acids is 2. The third kappa shape index (κ3) is 6.31. The molecule has 0 fully saturated rings. The van der Waals surface area contributed by atoms with Crippen molar-refractivity contribution in [3.8, 4) is 0 Å². The van der Waals surface area contributed by atoms with Crippen molar-refractivity contribution in [3.05, 3.63) is 35.9 Å². The summed E-state index contributed by atoms with van der Waals surface area (Å²) in [4.78, 5) is 23.1. The predicted octanol–water partition coefficient (Wildman–Crippen LogP) is -0.217. The molecule has 6 nitrogen and oxygen atoms in total. The number of hydrogen-bond acceptors (Lipinski definition) is 4. The van der Waals surface area contributed by atoms with Gasteiger partial charge in [0.2, 0.25) is 11.8 Å². The Bertz CT molecular complexity index is 423. The topological polar surface area (TPSA) is 93.4 Å². The molecule has 0 saturated carbocycles. The lowest BCUT2D eigenvalue weighted by Gasteiger charge is -2.11. The van der Waals surface area contributed by atoms with Crippen LogP contribution in [0.2, 0.25) is 0 Å². The maximum Gasteiger partial charge on any atom is 0.239 e. The lowest BCUT2D eigenvalue weighted by atomic mass is 10.2. The minimum atomic E-state index is -0.656. The van der Waals surface area contributed by atoms with Crippen LogP contribution in [0.15, 0.2) is 30.3 Å². The van der Waals surface area contributed by atoms with Gasteiger partial charge in [-0.25, -0.2) is 0 Å². The van der Waals surface area contributed by atoms with Crippen LogP contribution in [0.4, 0.5) is 0 Å². The highest BCUT2D eigenvalue weighted by molar-refractivity contribution is 5.87. The Morgan fingerprint density at radius 1 is 1.25 bits per heavy atom. The van der Waals surface area contributed by atoms with Crippen LogP contribution in [0, 0.1) is 0 Å². The van der Waals surface area contributed by atoms with Crippen molar-refractivity contribution in [2.75, 3.05) is 20.3 Å². The van der Waals surface area contributed by atoms with E-state index in [4.69, 9.17) is 10.5 Å². The molecule has 4 N–H and O–H groups in total. The van der Waals surface area contributed by atoms with Crippen LogP contribution in [0.25, 0.3) is 0 Å². The van der Waals surface area contributed by atoms with Crippen molar-refractivity contribution in [3.63, 3.8) is 0 Å². The van der Waals surface area contributed by atoms with Gasteiger partial charge in [-0.05, 0) is 12.0 Å². The molecule has 0 aliphatic heterocycles. The monoisotopic (exact) mass is 279 g/mol. The van der Waals surface area contributed by atoms with Crippen LogP contribution in [-0.4, -0.2) is 38.1 Å². The highest BCUT2D eigenvalue weighted by Gasteiger charge is 2.13. The number of amides is 2. The van der Waals surface area contributed by atoms with Crippen molar-refractivity contribution in [1.82, 2.24) is 10.6 Å². The second kappa shape index (κ2) is 9.06. The molecular formula is C14H21N3O3. The largest absolute Gasteiger partial charge is 0.385 e. The van der Waals surface area contributed by atoms with E-state index in [1.165, 1.54) is 0 Å². The molecule has 1 rings (SSSR count). The number of benzene rings is 1. The summed E-state index contributed by atoms with van der Waals surface area (Å²) in [5.74, 6) is -0.599. The zero-order valence-electron chi connectivity index (χ0n) is 11.6. The fraction of sp³-hybridized carbons (Fsp3) is 0.429. The number of hydrogen-bond donors (Lipinski definition) is 3. The Hall–Kier alpha value is -1.92. The maximum absolute atomic E-state index is 11.6. The van der Waals surface area contributed by atoms with Gasteiger partial charge in [0.1, 0.15) is 0 Å². The van der Waals surface area contributed by atoms with Crippen LogP contribution in [0.5, 0.6) is 0 Å². The van der Waals surface area contributed by atoms with E-state index in [2.05, 4.69) is 10.6 Å².